The molecule has 0 radical (unpaired) electrons. The van der Waals surface area contributed by atoms with Gasteiger partial charge in [0.2, 0.25) is 0 Å². The van der Waals surface area contributed by atoms with Crippen molar-refractivity contribution >= 4 is 17.5 Å². The van der Waals surface area contributed by atoms with E-state index in [0.717, 1.165) is 32.2 Å². The van der Waals surface area contributed by atoms with Crippen LogP contribution in [0.5, 0.6) is 5.75 Å². The van der Waals surface area contributed by atoms with Crippen molar-refractivity contribution < 1.29 is 14.3 Å². The van der Waals surface area contributed by atoms with E-state index in [0.29, 0.717) is 17.1 Å². The molecule has 2 heterocycles. The average Bonchev–Trinajstić information content (AvgIpc) is 2.73. The summed E-state index contributed by atoms with van der Waals surface area (Å²) in [5.41, 5.74) is 1.18. The first-order valence-electron chi connectivity index (χ1n) is 9.35. The third kappa shape index (κ3) is 4.45. The number of rotatable bonds is 5. The van der Waals surface area contributed by atoms with Crippen molar-refractivity contribution in [1.82, 2.24) is 9.88 Å². The summed E-state index contributed by atoms with van der Waals surface area (Å²) >= 11 is 0. The van der Waals surface area contributed by atoms with E-state index in [1.165, 1.54) is 0 Å². The molecule has 0 spiro atoms. The molecule has 0 aliphatic carbocycles. The summed E-state index contributed by atoms with van der Waals surface area (Å²) in [6.45, 7) is 2.85. The number of nitrogens with one attached hydrogen (secondary N) is 1. The van der Waals surface area contributed by atoms with Crippen molar-refractivity contribution in [2.24, 2.45) is 0 Å². The van der Waals surface area contributed by atoms with Gasteiger partial charge in [-0.1, -0.05) is 13.0 Å². The van der Waals surface area contributed by atoms with Crippen LogP contribution in [0.3, 0.4) is 0 Å². The highest BCUT2D eigenvalue weighted by atomic mass is 16.5. The Morgan fingerprint density at radius 1 is 1.15 bits per heavy atom. The van der Waals surface area contributed by atoms with Gasteiger partial charge in [-0.3, -0.25) is 9.59 Å². The van der Waals surface area contributed by atoms with Crippen molar-refractivity contribution in [3.63, 3.8) is 0 Å². The fraction of sp³-hybridized carbons (Fsp3) is 0.381. The SMILES string of the molecule is CCC1CCCCN1C(=O)c1cccc(C(=O)Nc2ccc(OC)cc2)n1. The number of pyridine rings is 1. The lowest BCUT2D eigenvalue weighted by molar-refractivity contribution is 0.0602. The molecule has 1 atom stereocenters. The standard InChI is InChI=1S/C21H25N3O3/c1-3-16-7-4-5-14-24(16)21(26)19-9-6-8-18(23-19)20(25)22-15-10-12-17(27-2)13-11-15/h6,8-13,16H,3-5,7,14H2,1-2H3,(H,22,25). The van der Waals surface area contributed by atoms with Gasteiger partial charge in [0, 0.05) is 18.3 Å². The summed E-state index contributed by atoms with van der Waals surface area (Å²) in [6, 6.07) is 12.3. The zero-order valence-corrected chi connectivity index (χ0v) is 15.8. The lowest BCUT2D eigenvalue weighted by atomic mass is 9.99. The van der Waals surface area contributed by atoms with Gasteiger partial charge in [0.1, 0.15) is 17.1 Å². The molecular formula is C21H25N3O3. The molecule has 0 bridgehead atoms. The van der Waals surface area contributed by atoms with E-state index in [1.807, 2.05) is 4.90 Å². The first-order valence-corrected chi connectivity index (χ1v) is 9.35. The van der Waals surface area contributed by atoms with E-state index in [1.54, 1.807) is 49.6 Å². The van der Waals surface area contributed by atoms with Crippen molar-refractivity contribution in [3.05, 3.63) is 53.9 Å². The molecule has 142 valence electrons. The molecule has 3 rings (SSSR count). The summed E-state index contributed by atoms with van der Waals surface area (Å²) < 4.78 is 5.11. The van der Waals surface area contributed by atoms with Gasteiger partial charge in [-0.25, -0.2) is 4.98 Å². The van der Waals surface area contributed by atoms with Crippen LogP contribution in [0.15, 0.2) is 42.5 Å². The number of likely N-dealkylation sites (tertiary alicyclic amines) is 1. The van der Waals surface area contributed by atoms with Crippen LogP contribution in [-0.4, -0.2) is 41.4 Å². The Morgan fingerprint density at radius 2 is 1.89 bits per heavy atom. The molecule has 27 heavy (non-hydrogen) atoms. The highest BCUT2D eigenvalue weighted by Crippen LogP contribution is 2.21. The number of anilines is 1. The fourth-order valence-electron chi connectivity index (χ4n) is 3.39. The highest BCUT2D eigenvalue weighted by Gasteiger charge is 2.27. The van der Waals surface area contributed by atoms with Crippen LogP contribution in [0.4, 0.5) is 5.69 Å². The van der Waals surface area contributed by atoms with Gasteiger partial charge in [0.25, 0.3) is 11.8 Å². The molecule has 1 aromatic carbocycles. The number of piperidine rings is 1. The number of carbonyl (C=O) groups is 2. The number of hydrogen-bond donors (Lipinski definition) is 1. The molecule has 0 saturated carbocycles. The molecule has 6 nitrogen and oxygen atoms in total. The summed E-state index contributed by atoms with van der Waals surface area (Å²) in [5.74, 6) is 0.270. The Hall–Kier alpha value is -2.89. The number of methoxy groups -OCH3 is 1. The maximum Gasteiger partial charge on any atom is 0.274 e. The summed E-state index contributed by atoms with van der Waals surface area (Å²) in [7, 11) is 1.59. The number of aromatic nitrogens is 1. The van der Waals surface area contributed by atoms with Crippen LogP contribution in [0, 0.1) is 0 Å². The predicted octanol–water partition coefficient (Wildman–Crippen LogP) is 3.75. The van der Waals surface area contributed by atoms with E-state index in [4.69, 9.17) is 4.74 Å². The van der Waals surface area contributed by atoms with E-state index >= 15 is 0 Å². The van der Waals surface area contributed by atoms with Gasteiger partial charge in [0.05, 0.1) is 7.11 Å². The lowest BCUT2D eigenvalue weighted by Crippen LogP contribution is -2.43. The second-order valence-corrected chi connectivity index (χ2v) is 6.65. The lowest BCUT2D eigenvalue weighted by Gasteiger charge is -2.35. The molecule has 1 aliphatic heterocycles. The average molecular weight is 367 g/mol. The van der Waals surface area contributed by atoms with Gasteiger partial charge in [-0.15, -0.1) is 0 Å². The second-order valence-electron chi connectivity index (χ2n) is 6.65. The first-order chi connectivity index (χ1) is 13.1. The maximum atomic E-state index is 12.9. The van der Waals surface area contributed by atoms with Crippen LogP contribution in [0.25, 0.3) is 0 Å². The second kappa shape index (κ2) is 8.66. The Morgan fingerprint density at radius 3 is 2.59 bits per heavy atom. The summed E-state index contributed by atoms with van der Waals surface area (Å²) in [6.07, 6.45) is 4.13. The molecular weight excluding hydrogens is 342 g/mol. The van der Waals surface area contributed by atoms with Gasteiger partial charge in [-0.2, -0.15) is 0 Å². The molecule has 2 aromatic rings. The zero-order chi connectivity index (χ0) is 19.2. The minimum absolute atomic E-state index is 0.0966. The van der Waals surface area contributed by atoms with Crippen LogP contribution < -0.4 is 10.1 Å². The summed E-state index contributed by atoms with van der Waals surface area (Å²) in [5, 5.41) is 2.79. The van der Waals surface area contributed by atoms with E-state index in [2.05, 4.69) is 17.2 Å². The Bertz CT molecular complexity index is 805. The largest absolute Gasteiger partial charge is 0.497 e. The van der Waals surface area contributed by atoms with Gasteiger partial charge in [-0.05, 0) is 62.1 Å². The highest BCUT2D eigenvalue weighted by molar-refractivity contribution is 6.03. The normalized spacial score (nSPS) is 16.7. The number of hydrogen-bond acceptors (Lipinski definition) is 4. The van der Waals surface area contributed by atoms with Crippen LogP contribution >= 0.6 is 0 Å². The van der Waals surface area contributed by atoms with Gasteiger partial charge >= 0.3 is 0 Å². The Balaban J connectivity index is 1.73. The van der Waals surface area contributed by atoms with Crippen LogP contribution in [-0.2, 0) is 0 Å². The fourth-order valence-corrected chi connectivity index (χ4v) is 3.39. The third-order valence-corrected chi connectivity index (χ3v) is 4.91. The first kappa shape index (κ1) is 18.9. The van der Waals surface area contributed by atoms with Crippen molar-refractivity contribution in [1.29, 1.82) is 0 Å². The van der Waals surface area contributed by atoms with Crippen molar-refractivity contribution in [3.8, 4) is 5.75 Å². The van der Waals surface area contributed by atoms with Gasteiger partial charge < -0.3 is 15.0 Å². The predicted molar refractivity (Wildman–Crippen MR) is 104 cm³/mol. The Kier molecular flexibility index (Phi) is 6.06. The van der Waals surface area contributed by atoms with Gasteiger partial charge in [0.15, 0.2) is 0 Å². The van der Waals surface area contributed by atoms with Crippen LogP contribution in [0.2, 0.25) is 0 Å². The minimum Gasteiger partial charge on any atom is -0.497 e. The maximum absolute atomic E-state index is 12.9. The molecule has 1 aliphatic rings. The monoisotopic (exact) mass is 367 g/mol. The topological polar surface area (TPSA) is 71.5 Å². The van der Waals surface area contributed by atoms with E-state index in [-0.39, 0.29) is 23.6 Å². The van der Waals surface area contributed by atoms with Crippen molar-refractivity contribution in [2.75, 3.05) is 19.0 Å². The molecule has 1 aromatic heterocycles. The number of nitrogens with zero attached hydrogens (tertiary/aromatic N) is 2. The minimum atomic E-state index is -0.347. The Labute approximate surface area is 159 Å². The molecule has 2 amide bonds. The smallest absolute Gasteiger partial charge is 0.274 e. The molecule has 1 saturated heterocycles. The molecule has 1 N–H and O–H groups in total. The third-order valence-electron chi connectivity index (χ3n) is 4.91. The summed E-state index contributed by atoms with van der Waals surface area (Å²) in [4.78, 5) is 31.6. The quantitative estimate of drug-likeness (QED) is 0.874. The number of amides is 2. The molecule has 6 heteroatoms. The van der Waals surface area contributed by atoms with Crippen LogP contribution in [0.1, 0.15) is 53.6 Å². The molecule has 1 unspecified atom stereocenters. The van der Waals surface area contributed by atoms with Crippen molar-refractivity contribution in [2.45, 2.75) is 38.6 Å². The number of carbonyl (C=O) groups excluding carboxylic acids is 2. The van der Waals surface area contributed by atoms with E-state index < -0.39 is 0 Å². The number of benzene rings is 1. The van der Waals surface area contributed by atoms with E-state index in [9.17, 15) is 9.59 Å². The molecule has 1 fully saturated rings. The zero-order valence-electron chi connectivity index (χ0n) is 15.8. The number of ether oxygens (including phenoxy) is 1.